The van der Waals surface area contributed by atoms with Crippen molar-refractivity contribution < 1.29 is 22.7 Å². The summed E-state index contributed by atoms with van der Waals surface area (Å²) < 4.78 is 61.3. The number of halogens is 4. The predicted octanol–water partition coefficient (Wildman–Crippen LogP) is 4.89. The molecule has 0 unspecified atom stereocenters. The van der Waals surface area contributed by atoms with E-state index in [0.29, 0.717) is 17.2 Å². The van der Waals surface area contributed by atoms with Gasteiger partial charge < -0.3 is 14.9 Å². The van der Waals surface area contributed by atoms with E-state index in [0.717, 1.165) is 72.3 Å². The highest BCUT2D eigenvalue weighted by Crippen LogP contribution is 2.47. The summed E-state index contributed by atoms with van der Waals surface area (Å²) in [6.45, 7) is 2.30. The van der Waals surface area contributed by atoms with E-state index in [9.17, 15) is 13.9 Å². The zero-order valence-corrected chi connectivity index (χ0v) is 23.7. The molecule has 1 N–H and O–H groups in total. The maximum atomic E-state index is 16.0. The van der Waals surface area contributed by atoms with Crippen LogP contribution in [0, 0.1) is 23.0 Å². The molecule has 0 bridgehead atoms. The summed E-state index contributed by atoms with van der Waals surface area (Å²) in [4.78, 5) is 8.48. The Balaban J connectivity index is 1.18. The van der Waals surface area contributed by atoms with Crippen LogP contribution in [0.4, 0.5) is 28.9 Å². The van der Waals surface area contributed by atoms with E-state index in [2.05, 4.69) is 36.4 Å². The number of benzene rings is 3. The van der Waals surface area contributed by atoms with Gasteiger partial charge in [0.05, 0.1) is 18.2 Å². The molecule has 1 aliphatic rings. The highest BCUT2D eigenvalue weighted by molar-refractivity contribution is 5.66. The van der Waals surface area contributed by atoms with Gasteiger partial charge >= 0.3 is 5.92 Å². The fourth-order valence-corrected chi connectivity index (χ4v) is 5.46. The smallest absolute Gasteiger partial charge is 0.323 e. The lowest BCUT2D eigenvalue weighted by atomic mass is 9.84. The maximum Gasteiger partial charge on any atom is 0.323 e. The molecule has 228 valence electrons. The maximum absolute atomic E-state index is 16.0. The highest BCUT2D eigenvalue weighted by Gasteiger charge is 2.58. The summed E-state index contributed by atoms with van der Waals surface area (Å²) in [5, 5.41) is 30.7. The first-order valence-electron chi connectivity index (χ1n) is 14.0. The first-order valence-corrected chi connectivity index (χ1v) is 14.0. The third-order valence-corrected chi connectivity index (χ3v) is 7.97. The van der Waals surface area contributed by atoms with Crippen molar-refractivity contribution in [2.45, 2.75) is 18.1 Å². The predicted molar refractivity (Wildman–Crippen MR) is 157 cm³/mol. The quantitative estimate of drug-likeness (QED) is 0.246. The van der Waals surface area contributed by atoms with Crippen LogP contribution in [0.2, 0.25) is 0 Å². The van der Waals surface area contributed by atoms with E-state index >= 15 is 8.78 Å². The Morgan fingerprint density at radius 2 is 1.44 bits per heavy atom. The SMILES string of the molecule is N#Cc1ccc(N2CCN(c3ccc(-c4ccc(C(F)(F)[C@](O)(Cn5cnnn5)c5ccc(F)cc5F)nc4)cc3)CC2)cc1. The molecular formula is C32H26F4N8O. The van der Waals surface area contributed by atoms with Crippen molar-refractivity contribution in [1.29, 1.82) is 5.26 Å². The number of nitriles is 1. The summed E-state index contributed by atoms with van der Waals surface area (Å²) in [6.07, 6.45) is 2.25. The van der Waals surface area contributed by atoms with Gasteiger partial charge in [-0.25, -0.2) is 13.5 Å². The van der Waals surface area contributed by atoms with Gasteiger partial charge in [-0.05, 0) is 70.6 Å². The molecule has 0 aliphatic carbocycles. The number of aromatic nitrogens is 5. The normalized spacial score (nSPS) is 15.0. The van der Waals surface area contributed by atoms with Gasteiger partial charge in [0.1, 0.15) is 23.7 Å². The minimum Gasteiger partial charge on any atom is -0.377 e. The fraction of sp³-hybridized carbons (Fsp3) is 0.219. The average molecular weight is 615 g/mol. The standard InChI is InChI=1S/C32H26F4N8O/c33-25-6-11-28(29(34)17-25)31(45,20-44-21-39-40-41-44)32(35,36)30-12-5-24(19-38-30)23-3-9-27(10-4-23)43-15-13-42(14-16-43)26-7-1-22(18-37)2-8-26/h1-12,17,19,21,45H,13-16,20H2/t31-/m0/s1. The van der Waals surface area contributed by atoms with Crippen LogP contribution >= 0.6 is 0 Å². The number of aliphatic hydroxyl groups is 1. The van der Waals surface area contributed by atoms with Crippen LogP contribution in [0.1, 0.15) is 16.8 Å². The van der Waals surface area contributed by atoms with Gasteiger partial charge in [0.2, 0.25) is 0 Å². The molecule has 3 aromatic carbocycles. The second-order valence-corrected chi connectivity index (χ2v) is 10.7. The van der Waals surface area contributed by atoms with Crippen molar-refractivity contribution in [3.63, 3.8) is 0 Å². The summed E-state index contributed by atoms with van der Waals surface area (Å²) in [5.41, 5.74) is -0.842. The molecular weight excluding hydrogens is 588 g/mol. The minimum absolute atomic E-state index is 0.422. The molecule has 3 heterocycles. The van der Waals surface area contributed by atoms with Gasteiger partial charge in [-0.3, -0.25) is 4.98 Å². The summed E-state index contributed by atoms with van der Waals surface area (Å²) in [7, 11) is 0. The van der Waals surface area contributed by atoms with Gasteiger partial charge in [-0.1, -0.05) is 18.2 Å². The van der Waals surface area contributed by atoms with E-state index < -0.39 is 41.0 Å². The van der Waals surface area contributed by atoms with Crippen LogP contribution < -0.4 is 9.80 Å². The molecule has 0 radical (unpaired) electrons. The van der Waals surface area contributed by atoms with E-state index in [1.807, 2.05) is 48.5 Å². The molecule has 6 rings (SSSR count). The largest absolute Gasteiger partial charge is 0.377 e. The first kappa shape index (κ1) is 29.7. The zero-order valence-electron chi connectivity index (χ0n) is 23.7. The van der Waals surface area contributed by atoms with Crippen LogP contribution in [0.5, 0.6) is 0 Å². The summed E-state index contributed by atoms with van der Waals surface area (Å²) in [6, 6.07) is 21.8. The van der Waals surface area contributed by atoms with Crippen molar-refractivity contribution in [2.75, 3.05) is 36.0 Å². The number of nitrogens with zero attached hydrogens (tertiary/aromatic N) is 8. The fourth-order valence-electron chi connectivity index (χ4n) is 5.46. The van der Waals surface area contributed by atoms with Gasteiger partial charge in [0.25, 0.3) is 0 Å². The number of anilines is 2. The van der Waals surface area contributed by atoms with Gasteiger partial charge in [0, 0.05) is 60.9 Å². The molecule has 1 atom stereocenters. The Morgan fingerprint density at radius 3 is 1.98 bits per heavy atom. The second kappa shape index (κ2) is 12.0. The lowest BCUT2D eigenvalue weighted by Gasteiger charge is -2.37. The minimum atomic E-state index is -4.14. The molecule has 1 fully saturated rings. The lowest BCUT2D eigenvalue weighted by Crippen LogP contribution is -2.48. The van der Waals surface area contributed by atoms with E-state index in [-0.39, 0.29) is 0 Å². The number of piperazine rings is 1. The van der Waals surface area contributed by atoms with Gasteiger partial charge in [-0.15, -0.1) is 5.10 Å². The lowest BCUT2D eigenvalue weighted by molar-refractivity contribution is -0.207. The average Bonchev–Trinajstić information content (AvgIpc) is 3.58. The van der Waals surface area contributed by atoms with Crippen molar-refractivity contribution in [3.8, 4) is 17.2 Å². The van der Waals surface area contributed by atoms with Crippen molar-refractivity contribution in [1.82, 2.24) is 25.2 Å². The molecule has 13 heteroatoms. The molecule has 0 spiro atoms. The Labute approximate surface area is 255 Å². The second-order valence-electron chi connectivity index (χ2n) is 10.7. The van der Waals surface area contributed by atoms with Gasteiger partial charge in [0.15, 0.2) is 5.60 Å². The Hall–Kier alpha value is -5.35. The van der Waals surface area contributed by atoms with E-state index in [1.54, 1.807) is 0 Å². The number of tetrazole rings is 1. The number of rotatable bonds is 8. The molecule has 9 nitrogen and oxygen atoms in total. The summed E-state index contributed by atoms with van der Waals surface area (Å²) in [5.74, 6) is -6.47. The molecule has 1 aliphatic heterocycles. The molecule has 45 heavy (non-hydrogen) atoms. The number of pyridine rings is 1. The molecule has 1 saturated heterocycles. The Morgan fingerprint density at radius 1 is 0.822 bits per heavy atom. The van der Waals surface area contributed by atoms with Crippen molar-refractivity contribution in [3.05, 3.63) is 120 Å². The van der Waals surface area contributed by atoms with Crippen molar-refractivity contribution >= 4 is 11.4 Å². The van der Waals surface area contributed by atoms with Crippen LogP contribution in [0.25, 0.3) is 11.1 Å². The van der Waals surface area contributed by atoms with E-state index in [4.69, 9.17) is 5.26 Å². The molecule has 0 amide bonds. The number of hydrogen-bond donors (Lipinski definition) is 1. The van der Waals surface area contributed by atoms with Crippen LogP contribution in [0.15, 0.2) is 91.4 Å². The highest BCUT2D eigenvalue weighted by atomic mass is 19.3. The van der Waals surface area contributed by atoms with Crippen molar-refractivity contribution in [2.24, 2.45) is 0 Å². The Bertz CT molecular complexity index is 1800. The number of hydrogen-bond acceptors (Lipinski definition) is 8. The van der Waals surface area contributed by atoms with Crippen LogP contribution in [-0.4, -0.2) is 56.5 Å². The van der Waals surface area contributed by atoms with Crippen LogP contribution in [-0.2, 0) is 18.1 Å². The third kappa shape index (κ3) is 5.80. The summed E-state index contributed by atoms with van der Waals surface area (Å²) >= 11 is 0. The monoisotopic (exact) mass is 614 g/mol. The van der Waals surface area contributed by atoms with Crippen LogP contribution in [0.3, 0.4) is 0 Å². The Kier molecular flexibility index (Phi) is 7.90. The first-order chi connectivity index (χ1) is 21.7. The zero-order chi connectivity index (χ0) is 31.6. The van der Waals surface area contributed by atoms with Gasteiger partial charge in [-0.2, -0.15) is 14.0 Å². The molecule has 2 aromatic heterocycles. The third-order valence-electron chi connectivity index (χ3n) is 7.97. The topological polar surface area (TPSA) is 107 Å². The molecule has 5 aromatic rings. The van der Waals surface area contributed by atoms with E-state index in [1.165, 1.54) is 12.3 Å². The number of alkyl halides is 2. The molecule has 0 saturated carbocycles.